The van der Waals surface area contributed by atoms with E-state index in [0.29, 0.717) is 16.6 Å². The van der Waals surface area contributed by atoms with E-state index in [9.17, 15) is 9.59 Å². The number of carbonyl (C=O) groups excluding carboxylic acids is 2. The van der Waals surface area contributed by atoms with Gasteiger partial charge in [0.25, 0.3) is 0 Å². The molecule has 0 heterocycles. The molecule has 7 heteroatoms. The van der Waals surface area contributed by atoms with Gasteiger partial charge in [-0.25, -0.2) is 0 Å². The van der Waals surface area contributed by atoms with E-state index in [1.165, 1.54) is 4.90 Å². The van der Waals surface area contributed by atoms with Gasteiger partial charge in [0.1, 0.15) is 11.8 Å². The summed E-state index contributed by atoms with van der Waals surface area (Å²) in [6, 6.07) is 11.7. The Hall–Kier alpha value is -2.24. The van der Waals surface area contributed by atoms with E-state index in [-0.39, 0.29) is 24.8 Å². The number of amides is 2. The first-order chi connectivity index (χ1) is 13.3. The Balaban J connectivity index is 2.24. The van der Waals surface area contributed by atoms with Crippen molar-refractivity contribution in [1.29, 1.82) is 0 Å². The molecular formula is C21H24Cl2N2O3. The van der Waals surface area contributed by atoms with Crippen LogP contribution < -0.4 is 10.1 Å². The maximum absolute atomic E-state index is 13.0. The highest BCUT2D eigenvalue weighted by atomic mass is 35.5. The summed E-state index contributed by atoms with van der Waals surface area (Å²) in [6.07, 6.45) is 0.166. The molecule has 0 radical (unpaired) electrons. The second-order valence-corrected chi connectivity index (χ2v) is 7.20. The van der Waals surface area contributed by atoms with Crippen LogP contribution in [0.5, 0.6) is 5.75 Å². The zero-order chi connectivity index (χ0) is 20.7. The summed E-state index contributed by atoms with van der Waals surface area (Å²) < 4.78 is 5.15. The number of nitrogens with one attached hydrogen (secondary N) is 1. The molecule has 28 heavy (non-hydrogen) atoms. The van der Waals surface area contributed by atoms with Crippen molar-refractivity contribution < 1.29 is 14.3 Å². The molecule has 0 aliphatic heterocycles. The van der Waals surface area contributed by atoms with Gasteiger partial charge in [0.2, 0.25) is 11.8 Å². The fourth-order valence-corrected chi connectivity index (χ4v) is 3.23. The first kappa shape index (κ1) is 22.1. The van der Waals surface area contributed by atoms with Gasteiger partial charge in [-0.1, -0.05) is 41.4 Å². The molecule has 1 atom stereocenters. The number of rotatable bonds is 8. The van der Waals surface area contributed by atoms with Gasteiger partial charge in [0.05, 0.1) is 13.5 Å². The zero-order valence-electron chi connectivity index (χ0n) is 16.2. The molecule has 0 saturated heterocycles. The van der Waals surface area contributed by atoms with Crippen molar-refractivity contribution in [2.45, 2.75) is 32.9 Å². The van der Waals surface area contributed by atoms with E-state index in [0.717, 1.165) is 16.9 Å². The van der Waals surface area contributed by atoms with Crippen LogP contribution in [-0.2, 0) is 22.6 Å². The summed E-state index contributed by atoms with van der Waals surface area (Å²) in [4.78, 5) is 27.0. The lowest BCUT2D eigenvalue weighted by atomic mass is 10.1. The van der Waals surface area contributed by atoms with Gasteiger partial charge >= 0.3 is 0 Å². The molecular weight excluding hydrogens is 399 g/mol. The van der Waals surface area contributed by atoms with E-state index in [4.69, 9.17) is 27.9 Å². The summed E-state index contributed by atoms with van der Waals surface area (Å²) >= 11 is 12.2. The number of carbonyl (C=O) groups is 2. The molecule has 1 unspecified atom stereocenters. The Bertz CT molecular complexity index is 825. The maximum atomic E-state index is 13.0. The molecule has 150 valence electrons. The van der Waals surface area contributed by atoms with Gasteiger partial charge in [-0.15, -0.1) is 0 Å². The van der Waals surface area contributed by atoms with E-state index in [1.807, 2.05) is 19.1 Å². The SMILES string of the molecule is CCNC(=O)C(C)N(Cc1ccc(Cl)cc1Cl)C(=O)Cc1ccc(OC)cc1. The number of hydrogen-bond donors (Lipinski definition) is 1. The summed E-state index contributed by atoms with van der Waals surface area (Å²) in [5, 5.41) is 3.74. The highest BCUT2D eigenvalue weighted by molar-refractivity contribution is 6.35. The Kier molecular flexibility index (Phi) is 8.15. The van der Waals surface area contributed by atoms with Crippen molar-refractivity contribution in [3.63, 3.8) is 0 Å². The Labute approximate surface area is 175 Å². The van der Waals surface area contributed by atoms with Gasteiger partial charge in [0.15, 0.2) is 0 Å². The molecule has 0 aliphatic carbocycles. The summed E-state index contributed by atoms with van der Waals surface area (Å²) in [6.45, 7) is 4.25. The van der Waals surface area contributed by atoms with E-state index >= 15 is 0 Å². The third kappa shape index (κ3) is 5.88. The average Bonchev–Trinajstić information content (AvgIpc) is 2.67. The molecule has 0 aromatic heterocycles. The minimum atomic E-state index is -0.641. The van der Waals surface area contributed by atoms with Crippen molar-refractivity contribution in [3.8, 4) is 5.75 Å². The predicted molar refractivity (Wildman–Crippen MR) is 112 cm³/mol. The molecule has 2 aromatic rings. The summed E-state index contributed by atoms with van der Waals surface area (Å²) in [7, 11) is 1.59. The van der Waals surface area contributed by atoms with Crippen LogP contribution in [0.3, 0.4) is 0 Å². The van der Waals surface area contributed by atoms with Gasteiger partial charge in [0, 0.05) is 23.1 Å². The first-order valence-corrected chi connectivity index (χ1v) is 9.75. The monoisotopic (exact) mass is 422 g/mol. The number of hydrogen-bond acceptors (Lipinski definition) is 3. The highest BCUT2D eigenvalue weighted by Gasteiger charge is 2.26. The molecule has 0 aliphatic rings. The smallest absolute Gasteiger partial charge is 0.242 e. The van der Waals surface area contributed by atoms with Gasteiger partial charge in [-0.05, 0) is 49.2 Å². The van der Waals surface area contributed by atoms with Crippen LogP contribution in [0.1, 0.15) is 25.0 Å². The van der Waals surface area contributed by atoms with Crippen LogP contribution in [0.4, 0.5) is 0 Å². The van der Waals surface area contributed by atoms with Crippen LogP contribution in [0, 0.1) is 0 Å². The first-order valence-electron chi connectivity index (χ1n) is 8.99. The van der Waals surface area contributed by atoms with Gasteiger partial charge < -0.3 is 15.0 Å². The molecule has 2 rings (SSSR count). The lowest BCUT2D eigenvalue weighted by Crippen LogP contribution is -2.48. The molecule has 2 aromatic carbocycles. The van der Waals surface area contributed by atoms with Crippen molar-refractivity contribution in [2.24, 2.45) is 0 Å². The molecule has 5 nitrogen and oxygen atoms in total. The van der Waals surface area contributed by atoms with Crippen LogP contribution in [-0.4, -0.2) is 36.4 Å². The molecule has 0 fully saturated rings. The minimum Gasteiger partial charge on any atom is -0.497 e. The number of methoxy groups -OCH3 is 1. The summed E-state index contributed by atoms with van der Waals surface area (Å²) in [5.74, 6) is 0.335. The van der Waals surface area contributed by atoms with Crippen molar-refractivity contribution in [3.05, 3.63) is 63.6 Å². The minimum absolute atomic E-state index is 0.166. The maximum Gasteiger partial charge on any atom is 0.242 e. The van der Waals surface area contributed by atoms with Crippen molar-refractivity contribution in [1.82, 2.24) is 10.2 Å². The van der Waals surface area contributed by atoms with Crippen LogP contribution in [0.25, 0.3) is 0 Å². The average molecular weight is 423 g/mol. The normalized spacial score (nSPS) is 11.6. The number of halogens is 2. The van der Waals surface area contributed by atoms with Crippen molar-refractivity contribution >= 4 is 35.0 Å². The second-order valence-electron chi connectivity index (χ2n) is 6.35. The quantitative estimate of drug-likeness (QED) is 0.696. The van der Waals surface area contributed by atoms with Crippen molar-refractivity contribution in [2.75, 3.05) is 13.7 Å². The fraction of sp³-hybridized carbons (Fsp3) is 0.333. The Morgan fingerprint density at radius 3 is 2.39 bits per heavy atom. The number of ether oxygens (including phenoxy) is 1. The molecule has 1 N–H and O–H groups in total. The predicted octanol–water partition coefficient (Wildman–Crippen LogP) is 4.10. The van der Waals surface area contributed by atoms with Gasteiger partial charge in [-0.3, -0.25) is 9.59 Å². The molecule has 0 bridgehead atoms. The summed E-state index contributed by atoms with van der Waals surface area (Å²) in [5.41, 5.74) is 1.56. The molecule has 0 spiro atoms. The van der Waals surface area contributed by atoms with E-state index < -0.39 is 6.04 Å². The number of likely N-dealkylation sites (N-methyl/N-ethyl adjacent to an activating group) is 1. The molecule has 2 amide bonds. The molecule has 0 saturated carbocycles. The largest absolute Gasteiger partial charge is 0.497 e. The van der Waals surface area contributed by atoms with Crippen LogP contribution in [0.15, 0.2) is 42.5 Å². The number of benzene rings is 2. The topological polar surface area (TPSA) is 58.6 Å². The highest BCUT2D eigenvalue weighted by Crippen LogP contribution is 2.23. The lowest BCUT2D eigenvalue weighted by molar-refractivity contribution is -0.140. The third-order valence-electron chi connectivity index (χ3n) is 4.39. The standard InChI is InChI=1S/C21H24Cl2N2O3/c1-4-24-21(27)14(2)25(13-16-7-8-17(22)12-19(16)23)20(26)11-15-5-9-18(28-3)10-6-15/h5-10,12,14H,4,11,13H2,1-3H3,(H,24,27). The Morgan fingerprint density at radius 2 is 1.82 bits per heavy atom. The van der Waals surface area contributed by atoms with E-state index in [1.54, 1.807) is 44.4 Å². The lowest BCUT2D eigenvalue weighted by Gasteiger charge is -2.29. The Morgan fingerprint density at radius 1 is 1.14 bits per heavy atom. The van der Waals surface area contributed by atoms with Gasteiger partial charge in [-0.2, -0.15) is 0 Å². The fourth-order valence-electron chi connectivity index (χ4n) is 2.76. The second kappa shape index (κ2) is 10.3. The van der Waals surface area contributed by atoms with Crippen LogP contribution >= 0.6 is 23.2 Å². The third-order valence-corrected chi connectivity index (χ3v) is 4.98. The van der Waals surface area contributed by atoms with E-state index in [2.05, 4.69) is 5.32 Å². The number of nitrogens with zero attached hydrogens (tertiary/aromatic N) is 1. The zero-order valence-corrected chi connectivity index (χ0v) is 17.7. The van der Waals surface area contributed by atoms with Crippen LogP contribution in [0.2, 0.25) is 10.0 Å².